The van der Waals surface area contributed by atoms with E-state index in [1.54, 1.807) is 15.9 Å². The minimum absolute atomic E-state index is 0.00181. The molecule has 10 heteroatoms. The van der Waals surface area contributed by atoms with Gasteiger partial charge in [0.15, 0.2) is 23.0 Å². The van der Waals surface area contributed by atoms with Crippen LogP contribution in [0.25, 0.3) is 5.65 Å². The van der Waals surface area contributed by atoms with E-state index in [-0.39, 0.29) is 12.7 Å². The Morgan fingerprint density at radius 2 is 2.03 bits per heavy atom. The number of benzene rings is 1. The maximum absolute atomic E-state index is 12.3. The number of nitrogens with one attached hydrogen (secondary N) is 2. The van der Waals surface area contributed by atoms with Gasteiger partial charge in [-0.3, -0.25) is 4.79 Å². The zero-order chi connectivity index (χ0) is 22.6. The molecule has 0 saturated carbocycles. The molecule has 0 spiro atoms. The van der Waals surface area contributed by atoms with Crippen molar-refractivity contribution >= 4 is 28.7 Å². The Morgan fingerprint density at radius 3 is 2.91 bits per heavy atom. The Morgan fingerprint density at radius 1 is 1.12 bits per heavy atom. The summed E-state index contributed by atoms with van der Waals surface area (Å²) < 4.78 is 12.5. The van der Waals surface area contributed by atoms with Crippen LogP contribution in [0.3, 0.4) is 0 Å². The van der Waals surface area contributed by atoms with Crippen molar-refractivity contribution in [3.63, 3.8) is 0 Å². The van der Waals surface area contributed by atoms with Crippen LogP contribution in [0.15, 0.2) is 41.8 Å². The van der Waals surface area contributed by atoms with E-state index in [9.17, 15) is 4.79 Å². The number of hydrogen-bond acceptors (Lipinski definition) is 8. The molecule has 170 valence electrons. The van der Waals surface area contributed by atoms with Crippen molar-refractivity contribution in [1.82, 2.24) is 25.1 Å². The normalized spacial score (nSPS) is 12.3. The van der Waals surface area contributed by atoms with Crippen molar-refractivity contribution in [2.24, 2.45) is 0 Å². The van der Waals surface area contributed by atoms with E-state index in [0.717, 1.165) is 23.5 Å². The van der Waals surface area contributed by atoms with Gasteiger partial charge in [-0.25, -0.2) is 0 Å². The van der Waals surface area contributed by atoms with Crippen LogP contribution in [0, 0.1) is 6.92 Å². The summed E-state index contributed by atoms with van der Waals surface area (Å²) in [6.07, 6.45) is 1.65. The molecule has 1 amide bonds. The van der Waals surface area contributed by atoms with Crippen LogP contribution in [-0.4, -0.2) is 39.1 Å². The quantitative estimate of drug-likeness (QED) is 0.392. The van der Waals surface area contributed by atoms with Gasteiger partial charge in [0, 0.05) is 30.8 Å². The molecule has 33 heavy (non-hydrogen) atoms. The number of carbonyl (C=O) groups excluding carboxylic acids is 1. The topological polar surface area (TPSA) is 103 Å². The monoisotopic (exact) mass is 464 g/mol. The molecule has 0 aliphatic carbocycles. The molecular weight excluding hydrogens is 440 g/mol. The number of nitrogens with zero attached hydrogens (tertiary/aromatic N) is 4. The first-order chi connectivity index (χ1) is 16.2. The third-order valence-corrected chi connectivity index (χ3v) is 6.54. The molecule has 1 aliphatic heterocycles. The number of aromatic nitrogens is 4. The molecule has 2 N–H and O–H groups in total. The fourth-order valence-electron chi connectivity index (χ4n) is 3.62. The Bertz CT molecular complexity index is 1280. The average molecular weight is 465 g/mol. The molecule has 4 heterocycles. The first-order valence-electron chi connectivity index (χ1n) is 10.8. The molecule has 5 rings (SSSR count). The fraction of sp³-hybridized carbons (Fsp3) is 0.304. The standard InChI is InChI=1S/C23H24N6O3S/c1-15-9-11-33-19(15)8-10-24-23(30)7-6-22-27-26-21-5-4-20(28-29(21)22)25-13-16-2-3-17-18(12-16)32-14-31-17/h2-5,9,11-12H,6-8,10,13-14H2,1H3,(H,24,30)(H,25,28). The molecule has 9 nitrogen and oxygen atoms in total. The number of fused-ring (bicyclic) bond motifs is 2. The molecule has 1 aliphatic rings. The van der Waals surface area contributed by atoms with Crippen molar-refractivity contribution in [3.8, 4) is 11.5 Å². The predicted octanol–water partition coefficient (Wildman–Crippen LogP) is 3.13. The van der Waals surface area contributed by atoms with Crippen molar-refractivity contribution in [3.05, 3.63) is 63.6 Å². The lowest BCUT2D eigenvalue weighted by molar-refractivity contribution is -0.121. The average Bonchev–Trinajstić information content (AvgIpc) is 3.56. The van der Waals surface area contributed by atoms with Crippen LogP contribution < -0.4 is 20.1 Å². The highest BCUT2D eigenvalue weighted by atomic mass is 32.1. The number of carbonyl (C=O) groups is 1. The van der Waals surface area contributed by atoms with E-state index < -0.39 is 0 Å². The number of aryl methyl sites for hydroxylation is 2. The fourth-order valence-corrected chi connectivity index (χ4v) is 4.53. The second-order valence-corrected chi connectivity index (χ2v) is 8.77. The van der Waals surface area contributed by atoms with Gasteiger partial charge in [0.25, 0.3) is 0 Å². The van der Waals surface area contributed by atoms with Gasteiger partial charge >= 0.3 is 0 Å². The van der Waals surface area contributed by atoms with E-state index >= 15 is 0 Å². The largest absolute Gasteiger partial charge is 0.454 e. The molecule has 4 aromatic rings. The lowest BCUT2D eigenvalue weighted by Gasteiger charge is -2.08. The van der Waals surface area contributed by atoms with Gasteiger partial charge in [0.05, 0.1) is 0 Å². The van der Waals surface area contributed by atoms with Crippen LogP contribution >= 0.6 is 11.3 Å². The molecule has 1 aromatic carbocycles. The number of rotatable bonds is 9. The summed E-state index contributed by atoms with van der Waals surface area (Å²) in [5, 5.41) is 21.3. The number of thiophene rings is 1. The van der Waals surface area contributed by atoms with Crippen molar-refractivity contribution in [1.29, 1.82) is 0 Å². The second kappa shape index (κ2) is 9.45. The zero-order valence-electron chi connectivity index (χ0n) is 18.2. The highest BCUT2D eigenvalue weighted by Crippen LogP contribution is 2.32. The van der Waals surface area contributed by atoms with Gasteiger partial charge in [0.2, 0.25) is 12.7 Å². The Labute approximate surface area is 194 Å². The first kappa shape index (κ1) is 21.2. The van der Waals surface area contributed by atoms with Gasteiger partial charge in [-0.2, -0.15) is 4.52 Å². The Kier molecular flexibility index (Phi) is 6.07. The SMILES string of the molecule is Cc1ccsc1CCNC(=O)CCc1nnc2ccc(NCc3ccc4c(c3)OCO4)nn12. The predicted molar refractivity (Wildman–Crippen MR) is 125 cm³/mol. The highest BCUT2D eigenvalue weighted by molar-refractivity contribution is 7.10. The highest BCUT2D eigenvalue weighted by Gasteiger charge is 2.14. The van der Waals surface area contributed by atoms with Gasteiger partial charge < -0.3 is 20.1 Å². The van der Waals surface area contributed by atoms with E-state index in [0.29, 0.717) is 43.2 Å². The number of anilines is 1. The molecule has 0 bridgehead atoms. The van der Waals surface area contributed by atoms with Crippen LogP contribution in [0.5, 0.6) is 11.5 Å². The molecule has 0 fully saturated rings. The lowest BCUT2D eigenvalue weighted by atomic mass is 10.2. The minimum atomic E-state index is -0.00181. The number of ether oxygens (including phenoxy) is 2. The summed E-state index contributed by atoms with van der Waals surface area (Å²) >= 11 is 1.72. The van der Waals surface area contributed by atoms with Crippen LogP contribution in [0.2, 0.25) is 0 Å². The zero-order valence-corrected chi connectivity index (χ0v) is 19.0. The first-order valence-corrected chi connectivity index (χ1v) is 11.7. The lowest BCUT2D eigenvalue weighted by Crippen LogP contribution is -2.26. The van der Waals surface area contributed by atoms with Crippen LogP contribution in [-0.2, 0) is 24.2 Å². The Balaban J connectivity index is 1.16. The van der Waals surface area contributed by atoms with Gasteiger partial charge in [-0.05, 0) is 60.2 Å². The van der Waals surface area contributed by atoms with Gasteiger partial charge in [0.1, 0.15) is 5.82 Å². The van der Waals surface area contributed by atoms with E-state index in [4.69, 9.17) is 9.47 Å². The summed E-state index contributed by atoms with van der Waals surface area (Å²) in [6, 6.07) is 11.7. The summed E-state index contributed by atoms with van der Waals surface area (Å²) in [5.41, 5.74) is 2.98. The number of hydrogen-bond donors (Lipinski definition) is 2. The van der Waals surface area contributed by atoms with Gasteiger partial charge in [-0.1, -0.05) is 6.07 Å². The van der Waals surface area contributed by atoms with E-state index in [1.807, 2.05) is 30.3 Å². The van der Waals surface area contributed by atoms with E-state index in [2.05, 4.69) is 44.3 Å². The van der Waals surface area contributed by atoms with Crippen molar-refractivity contribution in [2.75, 3.05) is 18.7 Å². The molecule has 0 radical (unpaired) electrons. The smallest absolute Gasteiger partial charge is 0.231 e. The third-order valence-electron chi connectivity index (χ3n) is 5.46. The second-order valence-electron chi connectivity index (χ2n) is 7.77. The summed E-state index contributed by atoms with van der Waals surface area (Å²) in [5.74, 6) is 2.86. The molecule has 0 atom stereocenters. The summed E-state index contributed by atoms with van der Waals surface area (Å²) in [7, 11) is 0. The Hall–Kier alpha value is -3.66. The van der Waals surface area contributed by atoms with Crippen molar-refractivity contribution in [2.45, 2.75) is 32.7 Å². The van der Waals surface area contributed by atoms with Crippen LogP contribution in [0.1, 0.15) is 28.2 Å². The van der Waals surface area contributed by atoms with Crippen LogP contribution in [0.4, 0.5) is 5.82 Å². The third kappa shape index (κ3) is 4.90. The summed E-state index contributed by atoms with van der Waals surface area (Å²) in [4.78, 5) is 13.6. The van der Waals surface area contributed by atoms with Crippen molar-refractivity contribution < 1.29 is 14.3 Å². The molecule has 0 saturated heterocycles. The summed E-state index contributed by atoms with van der Waals surface area (Å²) in [6.45, 7) is 3.56. The molecular formula is C23H24N6O3S. The maximum Gasteiger partial charge on any atom is 0.231 e. The van der Waals surface area contributed by atoms with Gasteiger partial charge in [-0.15, -0.1) is 26.6 Å². The number of amides is 1. The maximum atomic E-state index is 12.3. The van der Waals surface area contributed by atoms with E-state index in [1.165, 1.54) is 10.4 Å². The molecule has 0 unspecified atom stereocenters. The molecule has 3 aromatic heterocycles. The minimum Gasteiger partial charge on any atom is -0.454 e.